The SMILES string of the molecule is CCCCOc1cc(CCC(=O)OC)ccc1-c1cccc(CN(C)C(=O)OC(C)(C)C)c1. The van der Waals surface area contributed by atoms with Crippen LogP contribution in [0.2, 0.25) is 0 Å². The van der Waals surface area contributed by atoms with E-state index in [0.29, 0.717) is 26.0 Å². The number of aryl methyl sites for hydroxylation is 1. The van der Waals surface area contributed by atoms with Crippen molar-refractivity contribution in [1.82, 2.24) is 4.90 Å². The van der Waals surface area contributed by atoms with E-state index in [4.69, 9.17) is 14.2 Å². The number of hydrogen-bond donors (Lipinski definition) is 0. The van der Waals surface area contributed by atoms with Gasteiger partial charge >= 0.3 is 12.1 Å². The van der Waals surface area contributed by atoms with Crippen LogP contribution in [0.15, 0.2) is 42.5 Å². The molecule has 2 aromatic carbocycles. The maximum atomic E-state index is 12.3. The van der Waals surface area contributed by atoms with Crippen LogP contribution in [0.3, 0.4) is 0 Å². The molecule has 2 aromatic rings. The first-order valence-corrected chi connectivity index (χ1v) is 11.5. The van der Waals surface area contributed by atoms with Crippen LogP contribution in [0, 0.1) is 0 Å². The summed E-state index contributed by atoms with van der Waals surface area (Å²) in [5, 5.41) is 0. The molecular weight excluding hydrogens is 418 g/mol. The molecule has 0 fully saturated rings. The minimum absolute atomic E-state index is 0.227. The average Bonchev–Trinajstić information content (AvgIpc) is 2.76. The van der Waals surface area contributed by atoms with Crippen molar-refractivity contribution in [1.29, 1.82) is 0 Å². The molecule has 6 nitrogen and oxygen atoms in total. The van der Waals surface area contributed by atoms with Gasteiger partial charge < -0.3 is 19.1 Å². The summed E-state index contributed by atoms with van der Waals surface area (Å²) in [7, 11) is 3.13. The molecule has 0 bridgehead atoms. The Balaban J connectivity index is 2.24. The van der Waals surface area contributed by atoms with Crippen LogP contribution in [0.1, 0.15) is 58.1 Å². The number of nitrogens with zero attached hydrogens (tertiary/aromatic N) is 1. The van der Waals surface area contributed by atoms with Crippen molar-refractivity contribution in [3.8, 4) is 16.9 Å². The van der Waals surface area contributed by atoms with Gasteiger partial charge in [0.1, 0.15) is 11.4 Å². The van der Waals surface area contributed by atoms with Crippen molar-refractivity contribution in [2.24, 2.45) is 0 Å². The van der Waals surface area contributed by atoms with Crippen molar-refractivity contribution in [2.75, 3.05) is 20.8 Å². The summed E-state index contributed by atoms with van der Waals surface area (Å²) in [6.07, 6.45) is 2.58. The van der Waals surface area contributed by atoms with Crippen molar-refractivity contribution in [2.45, 2.75) is 65.5 Å². The Morgan fingerprint density at radius 3 is 2.45 bits per heavy atom. The summed E-state index contributed by atoms with van der Waals surface area (Å²) in [5.41, 5.74) is 3.48. The maximum absolute atomic E-state index is 12.3. The highest BCUT2D eigenvalue weighted by Crippen LogP contribution is 2.32. The van der Waals surface area contributed by atoms with Crippen LogP contribution in [0.4, 0.5) is 4.79 Å². The van der Waals surface area contributed by atoms with E-state index in [0.717, 1.165) is 40.8 Å². The molecule has 0 saturated heterocycles. The van der Waals surface area contributed by atoms with Gasteiger partial charge in [-0.05, 0) is 62.4 Å². The predicted molar refractivity (Wildman–Crippen MR) is 130 cm³/mol. The van der Waals surface area contributed by atoms with Crippen molar-refractivity contribution in [3.05, 3.63) is 53.6 Å². The van der Waals surface area contributed by atoms with E-state index < -0.39 is 5.60 Å². The van der Waals surface area contributed by atoms with Crippen molar-refractivity contribution in [3.63, 3.8) is 0 Å². The lowest BCUT2D eigenvalue weighted by Crippen LogP contribution is -2.33. The lowest BCUT2D eigenvalue weighted by atomic mass is 9.99. The van der Waals surface area contributed by atoms with E-state index in [-0.39, 0.29) is 12.1 Å². The zero-order valence-electron chi connectivity index (χ0n) is 20.8. The van der Waals surface area contributed by atoms with Gasteiger partial charge in [-0.15, -0.1) is 0 Å². The predicted octanol–water partition coefficient (Wildman–Crippen LogP) is 6.01. The number of carbonyl (C=O) groups excluding carboxylic acids is 2. The third-order valence-corrected chi connectivity index (χ3v) is 5.01. The minimum Gasteiger partial charge on any atom is -0.493 e. The first-order valence-electron chi connectivity index (χ1n) is 11.5. The number of carbonyl (C=O) groups is 2. The molecule has 0 atom stereocenters. The quantitative estimate of drug-likeness (QED) is 0.324. The van der Waals surface area contributed by atoms with E-state index in [1.54, 1.807) is 11.9 Å². The Kier molecular flexibility index (Phi) is 9.76. The average molecular weight is 456 g/mol. The standard InChI is InChI=1S/C27H37NO5/c1-7-8-16-32-24-18-20(13-15-25(29)31-6)12-14-23(24)22-11-9-10-21(17-22)19-28(5)26(30)33-27(2,3)4/h9-12,14,17-18H,7-8,13,15-16,19H2,1-6H3. The second kappa shape index (κ2) is 12.3. The van der Waals surface area contributed by atoms with Gasteiger partial charge in [0.15, 0.2) is 0 Å². The topological polar surface area (TPSA) is 65.1 Å². The van der Waals surface area contributed by atoms with Crippen LogP contribution in [-0.4, -0.2) is 43.3 Å². The van der Waals surface area contributed by atoms with Gasteiger partial charge in [-0.2, -0.15) is 0 Å². The Morgan fingerprint density at radius 2 is 1.79 bits per heavy atom. The number of amides is 1. The molecule has 0 aliphatic heterocycles. The molecule has 0 heterocycles. The molecule has 0 aliphatic rings. The number of hydrogen-bond acceptors (Lipinski definition) is 5. The zero-order valence-corrected chi connectivity index (χ0v) is 20.8. The first-order chi connectivity index (χ1) is 15.6. The van der Waals surface area contributed by atoms with E-state index in [9.17, 15) is 9.59 Å². The fraction of sp³-hybridized carbons (Fsp3) is 0.481. The third kappa shape index (κ3) is 8.79. The summed E-state index contributed by atoms with van der Waals surface area (Å²) in [6, 6.07) is 14.1. The van der Waals surface area contributed by atoms with Crippen LogP contribution in [0.5, 0.6) is 5.75 Å². The van der Waals surface area contributed by atoms with Gasteiger partial charge in [0, 0.05) is 25.6 Å². The van der Waals surface area contributed by atoms with E-state index >= 15 is 0 Å². The maximum Gasteiger partial charge on any atom is 0.410 e. The normalized spacial score (nSPS) is 11.1. The molecule has 0 aromatic heterocycles. The van der Waals surface area contributed by atoms with Gasteiger partial charge in [0.05, 0.1) is 13.7 Å². The summed E-state index contributed by atoms with van der Waals surface area (Å²) >= 11 is 0. The molecule has 33 heavy (non-hydrogen) atoms. The number of ether oxygens (including phenoxy) is 3. The molecule has 0 saturated carbocycles. The fourth-order valence-electron chi connectivity index (χ4n) is 3.27. The summed E-state index contributed by atoms with van der Waals surface area (Å²) in [4.78, 5) is 25.4. The molecule has 180 valence electrons. The van der Waals surface area contributed by atoms with Crippen molar-refractivity contribution >= 4 is 12.1 Å². The lowest BCUT2D eigenvalue weighted by molar-refractivity contribution is -0.140. The Morgan fingerprint density at radius 1 is 1.03 bits per heavy atom. The summed E-state index contributed by atoms with van der Waals surface area (Å²) < 4.78 is 16.3. The molecule has 6 heteroatoms. The third-order valence-electron chi connectivity index (χ3n) is 5.01. The highest BCUT2D eigenvalue weighted by Gasteiger charge is 2.20. The Hall–Kier alpha value is -3.02. The fourth-order valence-corrected chi connectivity index (χ4v) is 3.27. The summed E-state index contributed by atoms with van der Waals surface area (Å²) in [5.74, 6) is 0.567. The number of rotatable bonds is 10. The number of esters is 1. The number of benzene rings is 2. The van der Waals surface area contributed by atoms with Gasteiger partial charge in [0.2, 0.25) is 0 Å². The molecule has 0 aliphatic carbocycles. The van der Waals surface area contributed by atoms with Gasteiger partial charge in [-0.1, -0.05) is 43.7 Å². The number of unbranched alkanes of at least 4 members (excludes halogenated alkanes) is 1. The van der Waals surface area contributed by atoms with Gasteiger partial charge in [-0.3, -0.25) is 4.79 Å². The Labute approximate surface area is 197 Å². The molecule has 0 N–H and O–H groups in total. The van der Waals surface area contributed by atoms with Gasteiger partial charge in [-0.25, -0.2) is 4.79 Å². The molecule has 0 unspecified atom stereocenters. The zero-order chi connectivity index (χ0) is 24.4. The summed E-state index contributed by atoms with van der Waals surface area (Å²) in [6.45, 7) is 8.76. The van der Waals surface area contributed by atoms with Gasteiger partial charge in [0.25, 0.3) is 0 Å². The second-order valence-corrected chi connectivity index (χ2v) is 9.15. The van der Waals surface area contributed by atoms with E-state index in [2.05, 4.69) is 13.0 Å². The Bertz CT molecular complexity index is 932. The van der Waals surface area contributed by atoms with Crippen LogP contribution in [0.25, 0.3) is 11.1 Å². The largest absolute Gasteiger partial charge is 0.493 e. The van der Waals surface area contributed by atoms with Crippen molar-refractivity contribution < 1.29 is 23.8 Å². The molecule has 0 spiro atoms. The molecule has 2 rings (SSSR count). The minimum atomic E-state index is -0.534. The van der Waals surface area contributed by atoms with Crippen LogP contribution < -0.4 is 4.74 Å². The monoisotopic (exact) mass is 455 g/mol. The molecule has 1 amide bonds. The molecular formula is C27H37NO5. The van der Waals surface area contributed by atoms with Crippen LogP contribution in [-0.2, 0) is 27.2 Å². The molecule has 0 radical (unpaired) electrons. The smallest absolute Gasteiger partial charge is 0.410 e. The van der Waals surface area contributed by atoms with E-state index in [1.807, 2.05) is 57.2 Å². The van der Waals surface area contributed by atoms with Crippen LogP contribution >= 0.6 is 0 Å². The van der Waals surface area contributed by atoms with E-state index in [1.165, 1.54) is 7.11 Å². The second-order valence-electron chi connectivity index (χ2n) is 9.15. The number of methoxy groups -OCH3 is 1. The highest BCUT2D eigenvalue weighted by atomic mass is 16.6. The first kappa shape index (κ1) is 26.2. The highest BCUT2D eigenvalue weighted by molar-refractivity contribution is 5.73. The lowest BCUT2D eigenvalue weighted by Gasteiger charge is -2.24.